The molecule has 0 atom stereocenters. The van der Waals surface area contributed by atoms with Crippen LogP contribution in [0.1, 0.15) is 59.3 Å². The maximum atomic E-state index is 12.8. The van der Waals surface area contributed by atoms with Crippen LogP contribution in [0.15, 0.2) is 0 Å². The third kappa shape index (κ3) is 4.53. The van der Waals surface area contributed by atoms with Crippen LogP contribution in [0, 0.1) is 11.3 Å². The highest BCUT2D eigenvalue weighted by Crippen LogP contribution is 2.43. The molecular weight excluding hydrogens is 338 g/mol. The monoisotopic (exact) mass is 367 g/mol. The van der Waals surface area contributed by atoms with Crippen molar-refractivity contribution in [3.63, 3.8) is 0 Å². The molecular formula is C18H29N3O5. The Kier molecular flexibility index (Phi) is 5.93. The van der Waals surface area contributed by atoms with Crippen molar-refractivity contribution in [1.29, 1.82) is 0 Å². The summed E-state index contributed by atoms with van der Waals surface area (Å²) in [7, 11) is 0. The summed E-state index contributed by atoms with van der Waals surface area (Å²) in [6.45, 7) is 6.43. The lowest BCUT2D eigenvalue weighted by Gasteiger charge is -2.40. The van der Waals surface area contributed by atoms with Gasteiger partial charge < -0.3 is 15.7 Å². The van der Waals surface area contributed by atoms with Crippen molar-refractivity contribution in [3.8, 4) is 0 Å². The van der Waals surface area contributed by atoms with Crippen LogP contribution < -0.4 is 10.6 Å². The fourth-order valence-electron chi connectivity index (χ4n) is 3.80. The number of aliphatic carboxylic acids is 1. The van der Waals surface area contributed by atoms with E-state index in [9.17, 15) is 19.2 Å². The van der Waals surface area contributed by atoms with Gasteiger partial charge in [-0.05, 0) is 43.4 Å². The van der Waals surface area contributed by atoms with Gasteiger partial charge in [0.15, 0.2) is 0 Å². The summed E-state index contributed by atoms with van der Waals surface area (Å²) in [5.41, 5.74) is -0.703. The number of nitrogens with one attached hydrogen (secondary N) is 2. The van der Waals surface area contributed by atoms with Crippen molar-refractivity contribution in [3.05, 3.63) is 0 Å². The largest absolute Gasteiger partial charge is 0.481 e. The van der Waals surface area contributed by atoms with Gasteiger partial charge in [-0.2, -0.15) is 0 Å². The number of nitrogens with zero attached hydrogens (tertiary/aromatic N) is 1. The molecule has 1 aliphatic heterocycles. The van der Waals surface area contributed by atoms with Crippen molar-refractivity contribution < 1.29 is 24.3 Å². The molecule has 0 bridgehead atoms. The van der Waals surface area contributed by atoms with Gasteiger partial charge in [0.2, 0.25) is 5.91 Å². The predicted octanol–water partition coefficient (Wildman–Crippen LogP) is 1.49. The Bertz CT molecular complexity index is 588. The van der Waals surface area contributed by atoms with Gasteiger partial charge in [-0.25, -0.2) is 4.79 Å². The molecule has 4 amide bonds. The quantitative estimate of drug-likeness (QED) is 0.486. The van der Waals surface area contributed by atoms with Gasteiger partial charge in [0.25, 0.3) is 5.91 Å². The van der Waals surface area contributed by atoms with E-state index in [1.54, 1.807) is 0 Å². The Hall–Kier alpha value is -2.12. The molecule has 8 nitrogen and oxygen atoms in total. The predicted molar refractivity (Wildman–Crippen MR) is 94.3 cm³/mol. The number of carboxylic acids is 1. The molecule has 0 radical (unpaired) electrons. The van der Waals surface area contributed by atoms with Crippen molar-refractivity contribution in [1.82, 2.24) is 15.5 Å². The first-order chi connectivity index (χ1) is 12.0. The van der Waals surface area contributed by atoms with Crippen LogP contribution in [0.25, 0.3) is 0 Å². The molecule has 0 aromatic rings. The smallest absolute Gasteiger partial charge is 0.325 e. The number of urea groups is 1. The van der Waals surface area contributed by atoms with Crippen LogP contribution in [-0.2, 0) is 14.4 Å². The maximum Gasteiger partial charge on any atom is 0.325 e. The van der Waals surface area contributed by atoms with Gasteiger partial charge >= 0.3 is 12.0 Å². The molecule has 0 unspecified atom stereocenters. The molecule has 26 heavy (non-hydrogen) atoms. The Morgan fingerprint density at radius 1 is 1.27 bits per heavy atom. The van der Waals surface area contributed by atoms with E-state index in [4.69, 9.17) is 5.11 Å². The molecule has 2 aliphatic rings. The van der Waals surface area contributed by atoms with Crippen molar-refractivity contribution in [2.24, 2.45) is 11.3 Å². The molecule has 1 aliphatic carbocycles. The Morgan fingerprint density at radius 2 is 1.88 bits per heavy atom. The number of imide groups is 1. The molecule has 1 saturated heterocycles. The summed E-state index contributed by atoms with van der Waals surface area (Å²) in [6, 6.07) is -0.523. The summed E-state index contributed by atoms with van der Waals surface area (Å²) >= 11 is 0. The summed E-state index contributed by atoms with van der Waals surface area (Å²) < 4.78 is 0. The van der Waals surface area contributed by atoms with E-state index in [-0.39, 0.29) is 30.8 Å². The van der Waals surface area contributed by atoms with E-state index in [1.807, 2.05) is 0 Å². The van der Waals surface area contributed by atoms with E-state index in [2.05, 4.69) is 31.4 Å². The van der Waals surface area contributed by atoms with E-state index >= 15 is 0 Å². The molecule has 2 fully saturated rings. The molecule has 0 aromatic carbocycles. The number of hydrogen-bond acceptors (Lipinski definition) is 4. The number of carbonyl (C=O) groups excluding carboxylic acids is 3. The van der Waals surface area contributed by atoms with Gasteiger partial charge in [-0.15, -0.1) is 0 Å². The number of hydrogen-bond donors (Lipinski definition) is 3. The molecule has 8 heteroatoms. The summed E-state index contributed by atoms with van der Waals surface area (Å²) in [4.78, 5) is 48.4. The zero-order valence-corrected chi connectivity index (χ0v) is 15.8. The van der Waals surface area contributed by atoms with Gasteiger partial charge in [-0.3, -0.25) is 19.3 Å². The zero-order chi connectivity index (χ0) is 19.5. The van der Waals surface area contributed by atoms with Crippen LogP contribution in [0.3, 0.4) is 0 Å². The van der Waals surface area contributed by atoms with E-state index in [1.165, 1.54) is 0 Å². The lowest BCUT2D eigenvalue weighted by atomic mass is 9.67. The number of carboxylic acid groups (broad SMARTS) is 1. The average molecular weight is 367 g/mol. The Morgan fingerprint density at radius 3 is 2.42 bits per heavy atom. The van der Waals surface area contributed by atoms with Gasteiger partial charge in [-0.1, -0.05) is 20.8 Å². The molecule has 1 heterocycles. The lowest BCUT2D eigenvalue weighted by Crippen LogP contribution is -2.51. The maximum absolute atomic E-state index is 12.8. The SMILES string of the molecule is CC(C)(C)C1CCC2(CC1)NC(=O)N(CC(=O)NCCCC(=O)O)C2=O. The summed E-state index contributed by atoms with van der Waals surface area (Å²) in [5.74, 6) is -1.21. The third-order valence-corrected chi connectivity index (χ3v) is 5.50. The fraction of sp³-hybridized carbons (Fsp3) is 0.778. The minimum absolute atomic E-state index is 0.0402. The van der Waals surface area contributed by atoms with Gasteiger partial charge in [0, 0.05) is 13.0 Å². The second-order valence-electron chi connectivity index (χ2n) is 8.39. The van der Waals surface area contributed by atoms with Crippen LogP contribution in [0.2, 0.25) is 0 Å². The van der Waals surface area contributed by atoms with Gasteiger partial charge in [0.1, 0.15) is 12.1 Å². The number of carbonyl (C=O) groups is 4. The highest BCUT2D eigenvalue weighted by Gasteiger charge is 2.53. The molecule has 1 saturated carbocycles. The van der Waals surface area contributed by atoms with Crippen LogP contribution in [-0.4, -0.2) is 52.4 Å². The Labute approximate surface area is 153 Å². The van der Waals surface area contributed by atoms with Crippen molar-refractivity contribution in [2.75, 3.05) is 13.1 Å². The second-order valence-corrected chi connectivity index (χ2v) is 8.39. The molecule has 1 spiro atoms. The minimum atomic E-state index is -0.929. The topological polar surface area (TPSA) is 116 Å². The van der Waals surface area contributed by atoms with Crippen molar-refractivity contribution >= 4 is 23.8 Å². The first-order valence-electron chi connectivity index (χ1n) is 9.18. The molecule has 2 rings (SSSR count). The standard InChI is InChI=1S/C18H29N3O5/c1-17(2,3)12-6-8-18(9-7-12)15(25)21(16(26)20-18)11-13(22)19-10-4-5-14(23)24/h12H,4-11H2,1-3H3,(H,19,22)(H,20,26)(H,23,24). The number of rotatable bonds is 6. The van der Waals surface area contributed by atoms with Crippen LogP contribution in [0.4, 0.5) is 4.79 Å². The zero-order valence-electron chi connectivity index (χ0n) is 15.8. The van der Waals surface area contributed by atoms with Crippen molar-refractivity contribution in [2.45, 2.75) is 64.8 Å². The van der Waals surface area contributed by atoms with E-state index in [0.29, 0.717) is 25.2 Å². The number of amides is 4. The highest BCUT2D eigenvalue weighted by molar-refractivity contribution is 6.09. The Balaban J connectivity index is 1.89. The first-order valence-corrected chi connectivity index (χ1v) is 9.18. The van der Waals surface area contributed by atoms with E-state index in [0.717, 1.165) is 17.7 Å². The van der Waals surface area contributed by atoms with Crippen LogP contribution in [0.5, 0.6) is 0 Å². The highest BCUT2D eigenvalue weighted by atomic mass is 16.4. The van der Waals surface area contributed by atoms with Crippen LogP contribution >= 0.6 is 0 Å². The minimum Gasteiger partial charge on any atom is -0.481 e. The molecule has 146 valence electrons. The average Bonchev–Trinajstić information content (AvgIpc) is 2.75. The van der Waals surface area contributed by atoms with Gasteiger partial charge in [0.05, 0.1) is 0 Å². The first kappa shape index (κ1) is 20.2. The third-order valence-electron chi connectivity index (χ3n) is 5.50. The lowest BCUT2D eigenvalue weighted by molar-refractivity contribution is -0.137. The van der Waals surface area contributed by atoms with E-state index < -0.39 is 23.4 Å². The normalized spacial score (nSPS) is 26.1. The summed E-state index contributed by atoms with van der Waals surface area (Å²) in [5, 5.41) is 13.9. The fourth-order valence-corrected chi connectivity index (χ4v) is 3.80. The molecule has 0 aromatic heterocycles. The summed E-state index contributed by atoms with van der Waals surface area (Å²) in [6.07, 6.45) is 3.18. The second kappa shape index (κ2) is 7.63. The molecule has 3 N–H and O–H groups in total.